The number of benzene rings is 3. The Morgan fingerprint density at radius 3 is 2.32 bits per heavy atom. The van der Waals surface area contributed by atoms with E-state index in [1.54, 1.807) is 60.7 Å². The number of para-hydroxylation sites is 2. The van der Waals surface area contributed by atoms with E-state index >= 15 is 0 Å². The second-order valence-electron chi connectivity index (χ2n) is 5.73. The summed E-state index contributed by atoms with van der Waals surface area (Å²) in [7, 11) is 1.53. The van der Waals surface area contributed by atoms with Crippen molar-refractivity contribution in [1.29, 1.82) is 0 Å². The van der Waals surface area contributed by atoms with Crippen LogP contribution >= 0.6 is 23.4 Å². The number of carbonyl (C=O) groups excluding carboxylic acids is 1. The van der Waals surface area contributed by atoms with Crippen LogP contribution in [0.25, 0.3) is 0 Å². The number of amides is 1. The van der Waals surface area contributed by atoms with Gasteiger partial charge in [0.15, 0.2) is 0 Å². The number of hydrogen-bond donors (Lipinski definition) is 2. The molecule has 0 aromatic heterocycles. The standard InChI is InChI=1S/C21H16ClNO4S/c1-27-19-5-3-2-4-18(19)23-20(24)16-11-10-15(12-17(16)22)28-14-8-6-13(7-9-14)21(25)26/h2-12H,1H3,(H,23,24)(H,25,26). The molecular formula is C21H16ClNO4S. The van der Waals surface area contributed by atoms with Crippen molar-refractivity contribution in [1.82, 2.24) is 0 Å². The Labute approximate surface area is 171 Å². The summed E-state index contributed by atoms with van der Waals surface area (Å²) < 4.78 is 5.23. The van der Waals surface area contributed by atoms with Crippen LogP contribution < -0.4 is 10.1 Å². The second-order valence-corrected chi connectivity index (χ2v) is 7.28. The van der Waals surface area contributed by atoms with Gasteiger partial charge in [-0.25, -0.2) is 4.79 Å². The average Bonchev–Trinajstić information content (AvgIpc) is 2.69. The molecule has 0 unspecified atom stereocenters. The zero-order valence-corrected chi connectivity index (χ0v) is 16.4. The van der Waals surface area contributed by atoms with Crippen molar-refractivity contribution in [2.45, 2.75) is 9.79 Å². The molecule has 142 valence electrons. The van der Waals surface area contributed by atoms with Crippen LogP contribution in [0.4, 0.5) is 5.69 Å². The third kappa shape index (κ3) is 4.65. The fourth-order valence-electron chi connectivity index (χ4n) is 2.48. The molecule has 0 heterocycles. The number of nitrogens with one attached hydrogen (secondary N) is 1. The summed E-state index contributed by atoms with van der Waals surface area (Å²) >= 11 is 7.74. The minimum absolute atomic E-state index is 0.228. The first-order valence-electron chi connectivity index (χ1n) is 8.23. The molecule has 28 heavy (non-hydrogen) atoms. The molecule has 5 nitrogen and oxygen atoms in total. The number of carboxylic acid groups (broad SMARTS) is 1. The van der Waals surface area contributed by atoms with Crippen LogP contribution in [0.1, 0.15) is 20.7 Å². The lowest BCUT2D eigenvalue weighted by Crippen LogP contribution is -2.13. The molecule has 2 N–H and O–H groups in total. The molecule has 0 aliphatic rings. The van der Waals surface area contributed by atoms with Crippen molar-refractivity contribution in [3.05, 3.63) is 82.9 Å². The number of ether oxygens (including phenoxy) is 1. The zero-order valence-electron chi connectivity index (χ0n) is 14.8. The molecule has 3 aromatic rings. The zero-order chi connectivity index (χ0) is 20.1. The molecule has 0 saturated heterocycles. The van der Waals surface area contributed by atoms with Gasteiger partial charge in [0, 0.05) is 9.79 Å². The van der Waals surface area contributed by atoms with E-state index < -0.39 is 5.97 Å². The quantitative estimate of drug-likeness (QED) is 0.562. The molecule has 0 spiro atoms. The van der Waals surface area contributed by atoms with Crippen molar-refractivity contribution in [3.8, 4) is 5.75 Å². The molecule has 3 aromatic carbocycles. The summed E-state index contributed by atoms with van der Waals surface area (Å²) in [6, 6.07) is 18.8. The van der Waals surface area contributed by atoms with Crippen molar-refractivity contribution in [2.24, 2.45) is 0 Å². The number of carbonyl (C=O) groups is 2. The number of methoxy groups -OCH3 is 1. The topological polar surface area (TPSA) is 75.6 Å². The Bertz CT molecular complexity index is 1020. The highest BCUT2D eigenvalue weighted by molar-refractivity contribution is 7.99. The van der Waals surface area contributed by atoms with E-state index in [1.165, 1.54) is 18.9 Å². The lowest BCUT2D eigenvalue weighted by atomic mass is 10.2. The Kier molecular flexibility index (Phi) is 6.23. The van der Waals surface area contributed by atoms with Crippen LogP contribution in [0, 0.1) is 0 Å². The highest BCUT2D eigenvalue weighted by Gasteiger charge is 2.14. The number of aromatic carboxylic acids is 1. The Morgan fingerprint density at radius 1 is 1.00 bits per heavy atom. The lowest BCUT2D eigenvalue weighted by molar-refractivity contribution is 0.0696. The SMILES string of the molecule is COc1ccccc1NC(=O)c1ccc(Sc2ccc(C(=O)O)cc2)cc1Cl. The van der Waals surface area contributed by atoms with E-state index in [0.717, 1.165) is 9.79 Å². The molecule has 0 bridgehead atoms. The highest BCUT2D eigenvalue weighted by atomic mass is 35.5. The van der Waals surface area contributed by atoms with Gasteiger partial charge in [0.2, 0.25) is 0 Å². The minimum atomic E-state index is -0.968. The van der Waals surface area contributed by atoms with Gasteiger partial charge in [-0.05, 0) is 54.6 Å². The molecule has 0 fully saturated rings. The normalized spacial score (nSPS) is 10.4. The van der Waals surface area contributed by atoms with Gasteiger partial charge >= 0.3 is 5.97 Å². The van der Waals surface area contributed by atoms with Crippen LogP contribution in [0.3, 0.4) is 0 Å². The third-order valence-electron chi connectivity index (χ3n) is 3.88. The van der Waals surface area contributed by atoms with Gasteiger partial charge in [-0.15, -0.1) is 0 Å². The maximum Gasteiger partial charge on any atom is 0.335 e. The van der Waals surface area contributed by atoms with Crippen LogP contribution in [0.15, 0.2) is 76.5 Å². The summed E-state index contributed by atoms with van der Waals surface area (Å²) in [5.74, 6) is -0.745. The Hall–Kier alpha value is -2.96. The summed E-state index contributed by atoms with van der Waals surface area (Å²) in [5, 5.41) is 12.1. The number of anilines is 1. The molecule has 0 aliphatic carbocycles. The fraction of sp³-hybridized carbons (Fsp3) is 0.0476. The van der Waals surface area contributed by atoms with Gasteiger partial charge in [-0.3, -0.25) is 4.79 Å². The van der Waals surface area contributed by atoms with Crippen LogP contribution in [0.5, 0.6) is 5.75 Å². The lowest BCUT2D eigenvalue weighted by Gasteiger charge is -2.11. The van der Waals surface area contributed by atoms with Gasteiger partial charge < -0.3 is 15.2 Å². The van der Waals surface area contributed by atoms with Gasteiger partial charge in [-0.1, -0.05) is 35.5 Å². The van der Waals surface area contributed by atoms with Crippen LogP contribution in [-0.4, -0.2) is 24.1 Å². The van der Waals surface area contributed by atoms with E-state index in [2.05, 4.69) is 5.32 Å². The van der Waals surface area contributed by atoms with Crippen molar-refractivity contribution in [2.75, 3.05) is 12.4 Å². The first-order valence-corrected chi connectivity index (χ1v) is 9.42. The van der Waals surface area contributed by atoms with Crippen molar-refractivity contribution < 1.29 is 19.4 Å². The van der Waals surface area contributed by atoms with Gasteiger partial charge in [-0.2, -0.15) is 0 Å². The molecular weight excluding hydrogens is 398 g/mol. The van der Waals surface area contributed by atoms with Crippen LogP contribution in [0.2, 0.25) is 5.02 Å². The van der Waals surface area contributed by atoms with Crippen molar-refractivity contribution in [3.63, 3.8) is 0 Å². The first-order chi connectivity index (χ1) is 13.5. The first kappa shape index (κ1) is 19.8. The average molecular weight is 414 g/mol. The van der Waals surface area contributed by atoms with E-state index in [9.17, 15) is 9.59 Å². The fourth-order valence-corrected chi connectivity index (χ4v) is 3.67. The smallest absolute Gasteiger partial charge is 0.335 e. The van der Waals surface area contributed by atoms with E-state index in [1.807, 2.05) is 6.07 Å². The molecule has 1 amide bonds. The predicted octanol–water partition coefficient (Wildman–Crippen LogP) is 5.45. The number of halogens is 1. The summed E-state index contributed by atoms with van der Waals surface area (Å²) in [6.45, 7) is 0. The van der Waals surface area contributed by atoms with E-state index in [-0.39, 0.29) is 11.5 Å². The summed E-state index contributed by atoms with van der Waals surface area (Å²) in [5.41, 5.74) is 1.13. The molecule has 0 saturated carbocycles. The molecule has 0 radical (unpaired) electrons. The largest absolute Gasteiger partial charge is 0.495 e. The predicted molar refractivity (Wildman–Crippen MR) is 110 cm³/mol. The number of hydrogen-bond acceptors (Lipinski definition) is 4. The molecule has 0 aliphatic heterocycles. The molecule has 3 rings (SSSR count). The van der Waals surface area contributed by atoms with Gasteiger partial charge in [0.1, 0.15) is 5.75 Å². The second kappa shape index (κ2) is 8.82. The minimum Gasteiger partial charge on any atom is -0.495 e. The van der Waals surface area contributed by atoms with E-state index in [0.29, 0.717) is 22.0 Å². The highest BCUT2D eigenvalue weighted by Crippen LogP contribution is 2.32. The van der Waals surface area contributed by atoms with Crippen molar-refractivity contribution >= 4 is 40.9 Å². The molecule has 0 atom stereocenters. The van der Waals surface area contributed by atoms with Gasteiger partial charge in [0.25, 0.3) is 5.91 Å². The van der Waals surface area contributed by atoms with Gasteiger partial charge in [0.05, 0.1) is 28.9 Å². The maximum atomic E-state index is 12.6. The number of carboxylic acids is 1. The monoisotopic (exact) mass is 413 g/mol. The third-order valence-corrected chi connectivity index (χ3v) is 5.19. The van der Waals surface area contributed by atoms with Crippen LogP contribution in [-0.2, 0) is 0 Å². The Balaban J connectivity index is 1.74. The number of rotatable bonds is 6. The summed E-state index contributed by atoms with van der Waals surface area (Å²) in [6.07, 6.45) is 0. The maximum absolute atomic E-state index is 12.6. The Morgan fingerprint density at radius 2 is 1.68 bits per heavy atom. The summed E-state index contributed by atoms with van der Waals surface area (Å²) in [4.78, 5) is 25.2. The molecule has 7 heteroatoms. The van der Waals surface area contributed by atoms with E-state index in [4.69, 9.17) is 21.4 Å².